The molecule has 0 saturated carbocycles. The molecule has 2 heterocycles. The summed E-state index contributed by atoms with van der Waals surface area (Å²) in [5.74, 6) is -0.548. The van der Waals surface area contributed by atoms with Crippen molar-refractivity contribution in [1.82, 2.24) is 15.1 Å². The zero-order valence-electron chi connectivity index (χ0n) is 22.1. The molecule has 206 valence electrons. The summed E-state index contributed by atoms with van der Waals surface area (Å²) in [5, 5.41) is 13.9. The van der Waals surface area contributed by atoms with Crippen LogP contribution in [0.1, 0.15) is 28.8 Å². The molecule has 2 fully saturated rings. The highest BCUT2D eigenvalue weighted by Crippen LogP contribution is 2.39. The van der Waals surface area contributed by atoms with Crippen LogP contribution in [-0.2, 0) is 16.0 Å². The zero-order chi connectivity index (χ0) is 28.1. The highest BCUT2D eigenvalue weighted by Gasteiger charge is 2.54. The van der Waals surface area contributed by atoms with Gasteiger partial charge < -0.3 is 20.0 Å². The molecule has 5 rings (SSSR count). The van der Waals surface area contributed by atoms with Crippen LogP contribution in [-0.4, -0.2) is 70.8 Å². The molecule has 3 aromatic carbocycles. The van der Waals surface area contributed by atoms with E-state index in [1.807, 2.05) is 60.7 Å². The van der Waals surface area contributed by atoms with Gasteiger partial charge in [-0.2, -0.15) is 0 Å². The Kier molecular flexibility index (Phi) is 7.77. The summed E-state index contributed by atoms with van der Waals surface area (Å²) in [4.78, 5) is 55.6. The van der Waals surface area contributed by atoms with E-state index in [1.165, 1.54) is 24.3 Å². The van der Waals surface area contributed by atoms with Gasteiger partial charge in [-0.15, -0.1) is 0 Å². The second-order valence-electron chi connectivity index (χ2n) is 10.1. The highest BCUT2D eigenvalue weighted by molar-refractivity contribution is 5.97. The van der Waals surface area contributed by atoms with Gasteiger partial charge in [0.25, 0.3) is 17.5 Å². The number of amides is 3. The van der Waals surface area contributed by atoms with Crippen LogP contribution in [0.4, 0.5) is 11.4 Å². The first kappa shape index (κ1) is 26.9. The van der Waals surface area contributed by atoms with Crippen LogP contribution < -0.4 is 10.2 Å². The number of benzene rings is 3. The van der Waals surface area contributed by atoms with Crippen molar-refractivity contribution in [3.63, 3.8) is 0 Å². The molecule has 2 aliphatic rings. The summed E-state index contributed by atoms with van der Waals surface area (Å²) in [6, 6.07) is 25.1. The number of nitrogens with zero attached hydrogens (tertiary/aromatic N) is 4. The summed E-state index contributed by atoms with van der Waals surface area (Å²) in [6.07, 6.45) is 1.52. The third-order valence-corrected chi connectivity index (χ3v) is 7.70. The zero-order valence-corrected chi connectivity index (χ0v) is 22.1. The largest absolute Gasteiger partial charge is 0.354 e. The maximum atomic E-state index is 13.9. The third-order valence-electron chi connectivity index (χ3n) is 7.70. The molecule has 2 aliphatic heterocycles. The second kappa shape index (κ2) is 11.6. The van der Waals surface area contributed by atoms with Gasteiger partial charge in [0.05, 0.1) is 11.6 Å². The van der Waals surface area contributed by atoms with Crippen molar-refractivity contribution in [3.8, 4) is 0 Å². The van der Waals surface area contributed by atoms with Crippen molar-refractivity contribution >= 4 is 29.1 Å². The Labute approximate surface area is 232 Å². The van der Waals surface area contributed by atoms with Crippen LogP contribution in [0.25, 0.3) is 0 Å². The van der Waals surface area contributed by atoms with Gasteiger partial charge in [-0.3, -0.25) is 24.5 Å². The van der Waals surface area contributed by atoms with Crippen molar-refractivity contribution in [1.29, 1.82) is 0 Å². The number of rotatable bonds is 8. The Balaban J connectivity index is 1.26. The molecule has 0 aromatic heterocycles. The number of nitro benzene ring substituents is 1. The predicted molar refractivity (Wildman–Crippen MR) is 150 cm³/mol. The predicted octanol–water partition coefficient (Wildman–Crippen LogP) is 3.23. The van der Waals surface area contributed by atoms with Crippen molar-refractivity contribution in [2.45, 2.75) is 24.8 Å². The molecule has 2 saturated heterocycles. The molecule has 0 radical (unpaired) electrons. The molecule has 0 unspecified atom stereocenters. The lowest BCUT2D eigenvalue weighted by Gasteiger charge is -2.43. The van der Waals surface area contributed by atoms with E-state index in [2.05, 4.69) is 10.2 Å². The average molecular weight is 542 g/mol. The summed E-state index contributed by atoms with van der Waals surface area (Å²) >= 11 is 0. The van der Waals surface area contributed by atoms with Gasteiger partial charge in [-0.05, 0) is 49.1 Å². The molecule has 0 aliphatic carbocycles. The lowest BCUT2D eigenvalue weighted by Crippen LogP contribution is -2.57. The fourth-order valence-electron chi connectivity index (χ4n) is 5.53. The van der Waals surface area contributed by atoms with Gasteiger partial charge in [0.2, 0.25) is 5.91 Å². The Hall–Kier alpha value is -4.73. The van der Waals surface area contributed by atoms with Crippen molar-refractivity contribution in [2.24, 2.45) is 0 Å². The van der Waals surface area contributed by atoms with Gasteiger partial charge in [0.1, 0.15) is 12.1 Å². The number of nitro groups is 1. The van der Waals surface area contributed by atoms with Crippen LogP contribution in [0, 0.1) is 10.1 Å². The number of nitrogens with one attached hydrogen (secondary N) is 1. The van der Waals surface area contributed by atoms with E-state index in [0.29, 0.717) is 44.5 Å². The van der Waals surface area contributed by atoms with E-state index >= 15 is 0 Å². The van der Waals surface area contributed by atoms with Crippen molar-refractivity contribution < 1.29 is 19.3 Å². The third kappa shape index (κ3) is 5.51. The maximum absolute atomic E-state index is 13.9. The Morgan fingerprint density at radius 3 is 2.15 bits per heavy atom. The fraction of sp³-hybridized carbons (Fsp3) is 0.300. The van der Waals surface area contributed by atoms with Crippen molar-refractivity contribution in [3.05, 3.63) is 106 Å². The van der Waals surface area contributed by atoms with Gasteiger partial charge in [-0.25, -0.2) is 0 Å². The minimum absolute atomic E-state index is 0.0376. The maximum Gasteiger partial charge on any atom is 0.269 e. The van der Waals surface area contributed by atoms with Gasteiger partial charge in [0, 0.05) is 43.0 Å². The Morgan fingerprint density at radius 2 is 1.52 bits per heavy atom. The summed E-state index contributed by atoms with van der Waals surface area (Å²) in [5.41, 5.74) is 1.45. The van der Waals surface area contributed by atoms with E-state index in [0.717, 1.165) is 11.3 Å². The number of hydrogen-bond acceptors (Lipinski definition) is 6. The first-order valence-electron chi connectivity index (χ1n) is 13.3. The number of non-ortho nitro benzene ring substituents is 1. The Bertz CT molecular complexity index is 1370. The number of likely N-dealkylation sites (tertiary alicyclic amines) is 1. The van der Waals surface area contributed by atoms with Crippen LogP contribution in [0.5, 0.6) is 0 Å². The number of piperidine rings is 1. The molecule has 3 amide bonds. The molecule has 0 bridgehead atoms. The van der Waals surface area contributed by atoms with Crippen LogP contribution in [0.3, 0.4) is 0 Å². The van der Waals surface area contributed by atoms with E-state index < -0.39 is 10.5 Å². The molecule has 3 aromatic rings. The Morgan fingerprint density at radius 1 is 0.900 bits per heavy atom. The van der Waals surface area contributed by atoms with Crippen LogP contribution in [0.2, 0.25) is 0 Å². The smallest absolute Gasteiger partial charge is 0.269 e. The molecule has 0 atom stereocenters. The number of para-hydroxylation sites is 1. The molecule has 1 spiro atoms. The average Bonchev–Trinajstić information content (AvgIpc) is 3.24. The topological polar surface area (TPSA) is 116 Å². The monoisotopic (exact) mass is 541 g/mol. The molecule has 10 nitrogen and oxygen atoms in total. The number of carbonyl (C=O) groups is 3. The van der Waals surface area contributed by atoms with E-state index in [1.54, 1.807) is 9.80 Å². The molecule has 1 N–H and O–H groups in total. The first-order valence-corrected chi connectivity index (χ1v) is 13.3. The highest BCUT2D eigenvalue weighted by atomic mass is 16.6. The second-order valence-corrected chi connectivity index (χ2v) is 10.1. The fourth-order valence-corrected chi connectivity index (χ4v) is 5.53. The van der Waals surface area contributed by atoms with Gasteiger partial charge in [-0.1, -0.05) is 48.5 Å². The van der Waals surface area contributed by atoms with Gasteiger partial charge >= 0.3 is 0 Å². The number of hydrogen-bond donors (Lipinski definition) is 1. The SMILES string of the molecule is O=C(CN1CN(c2ccccc2)C2(CCN(C(=O)c3ccc([N+](=O)[O-])cc3)CC2)C1=O)NCCc1ccccc1. The summed E-state index contributed by atoms with van der Waals surface area (Å²) in [6.45, 7) is 1.43. The van der Waals surface area contributed by atoms with E-state index in [4.69, 9.17) is 0 Å². The number of carbonyl (C=O) groups excluding carboxylic acids is 3. The lowest BCUT2D eigenvalue weighted by atomic mass is 9.85. The minimum Gasteiger partial charge on any atom is -0.354 e. The normalized spacial score (nSPS) is 16.3. The summed E-state index contributed by atoms with van der Waals surface area (Å²) < 4.78 is 0. The van der Waals surface area contributed by atoms with E-state index in [-0.39, 0.29) is 36.6 Å². The quantitative estimate of drug-likeness (QED) is 0.346. The molecule has 10 heteroatoms. The van der Waals surface area contributed by atoms with Crippen molar-refractivity contribution in [2.75, 3.05) is 37.7 Å². The van der Waals surface area contributed by atoms with Crippen LogP contribution >= 0.6 is 0 Å². The number of anilines is 1. The summed E-state index contributed by atoms with van der Waals surface area (Å²) in [7, 11) is 0. The standard InChI is InChI=1S/C30H31N5O5/c36-27(31-18-15-23-7-3-1-4-8-23)21-33-22-34(25-9-5-2-6-10-25)30(29(33)38)16-19-32(20-17-30)28(37)24-11-13-26(14-12-24)35(39)40/h1-14H,15-22H2,(H,31,36). The minimum atomic E-state index is -0.863. The lowest BCUT2D eigenvalue weighted by molar-refractivity contribution is -0.384. The molecular weight excluding hydrogens is 510 g/mol. The van der Waals surface area contributed by atoms with E-state index in [9.17, 15) is 24.5 Å². The van der Waals surface area contributed by atoms with Crippen LogP contribution in [0.15, 0.2) is 84.9 Å². The first-order chi connectivity index (χ1) is 19.4. The molecule has 40 heavy (non-hydrogen) atoms. The van der Waals surface area contributed by atoms with Gasteiger partial charge in [0.15, 0.2) is 0 Å². The molecular formula is C30H31N5O5.